The second-order valence-corrected chi connectivity index (χ2v) is 6.77. The number of methoxy groups -OCH3 is 2. The van der Waals surface area contributed by atoms with E-state index >= 15 is 0 Å². The van der Waals surface area contributed by atoms with Crippen LogP contribution < -0.4 is 14.8 Å². The molecule has 1 heterocycles. The van der Waals surface area contributed by atoms with E-state index in [9.17, 15) is 0 Å². The second kappa shape index (κ2) is 8.01. The molecule has 4 nitrogen and oxygen atoms in total. The average Bonchev–Trinajstić information content (AvgIpc) is 2.63. The van der Waals surface area contributed by atoms with E-state index in [4.69, 9.17) is 9.47 Å². The first kappa shape index (κ1) is 17.3. The van der Waals surface area contributed by atoms with Crippen LogP contribution in [-0.4, -0.2) is 45.3 Å². The highest BCUT2D eigenvalue weighted by molar-refractivity contribution is 9.10. The normalized spacial score (nSPS) is 16.6. The molecule has 1 fully saturated rings. The van der Waals surface area contributed by atoms with Gasteiger partial charge in [-0.15, -0.1) is 0 Å². The van der Waals surface area contributed by atoms with Crippen molar-refractivity contribution in [1.82, 2.24) is 10.2 Å². The fourth-order valence-corrected chi connectivity index (χ4v) is 3.67. The minimum absolute atomic E-state index is 0.134. The standard InChI is InChI=1S/C19H23BrN2O2/c1-23-16-6-7-18(24-2)17(13-16)19(22-10-8-21-9-11-22)14-4-3-5-15(20)12-14/h3-7,12-13,19,21H,8-11H2,1-2H3. The molecule has 1 aliphatic heterocycles. The molecule has 24 heavy (non-hydrogen) atoms. The number of halogens is 1. The minimum atomic E-state index is 0.134. The van der Waals surface area contributed by atoms with E-state index in [1.807, 2.05) is 12.1 Å². The van der Waals surface area contributed by atoms with Gasteiger partial charge in [-0.1, -0.05) is 28.1 Å². The second-order valence-electron chi connectivity index (χ2n) is 5.85. The molecule has 1 saturated heterocycles. The summed E-state index contributed by atoms with van der Waals surface area (Å²) in [5.41, 5.74) is 2.38. The highest BCUT2D eigenvalue weighted by atomic mass is 79.9. The van der Waals surface area contributed by atoms with E-state index in [0.29, 0.717) is 0 Å². The van der Waals surface area contributed by atoms with E-state index in [2.05, 4.69) is 56.5 Å². The van der Waals surface area contributed by atoms with Gasteiger partial charge in [-0.25, -0.2) is 0 Å². The Bertz CT molecular complexity index is 687. The molecule has 0 aliphatic carbocycles. The Kier molecular flexibility index (Phi) is 5.76. The lowest BCUT2D eigenvalue weighted by molar-refractivity contribution is 0.195. The van der Waals surface area contributed by atoms with Crippen molar-refractivity contribution in [2.45, 2.75) is 6.04 Å². The lowest BCUT2D eigenvalue weighted by Crippen LogP contribution is -2.45. The molecule has 1 aliphatic rings. The van der Waals surface area contributed by atoms with E-state index in [1.165, 1.54) is 5.56 Å². The van der Waals surface area contributed by atoms with Crippen molar-refractivity contribution in [2.75, 3.05) is 40.4 Å². The van der Waals surface area contributed by atoms with Crippen LogP contribution in [0, 0.1) is 0 Å². The van der Waals surface area contributed by atoms with Gasteiger partial charge in [-0.2, -0.15) is 0 Å². The van der Waals surface area contributed by atoms with Crippen LogP contribution in [0.4, 0.5) is 0 Å². The van der Waals surface area contributed by atoms with Crippen molar-refractivity contribution >= 4 is 15.9 Å². The highest BCUT2D eigenvalue weighted by Gasteiger charge is 2.27. The molecule has 0 amide bonds. The van der Waals surface area contributed by atoms with Crippen LogP contribution in [0.2, 0.25) is 0 Å². The smallest absolute Gasteiger partial charge is 0.124 e. The van der Waals surface area contributed by atoms with Crippen LogP contribution in [0.5, 0.6) is 11.5 Å². The summed E-state index contributed by atoms with van der Waals surface area (Å²) < 4.78 is 12.2. The first-order valence-electron chi connectivity index (χ1n) is 8.15. The topological polar surface area (TPSA) is 33.7 Å². The average molecular weight is 391 g/mol. The van der Waals surface area contributed by atoms with Crippen LogP contribution in [0.1, 0.15) is 17.2 Å². The Morgan fingerprint density at radius 1 is 1.04 bits per heavy atom. The third-order valence-corrected chi connectivity index (χ3v) is 4.91. The molecule has 0 radical (unpaired) electrons. The van der Waals surface area contributed by atoms with Gasteiger partial charge >= 0.3 is 0 Å². The molecule has 2 aromatic carbocycles. The first-order valence-corrected chi connectivity index (χ1v) is 8.94. The third kappa shape index (κ3) is 3.74. The van der Waals surface area contributed by atoms with Gasteiger partial charge in [0.15, 0.2) is 0 Å². The lowest BCUT2D eigenvalue weighted by Gasteiger charge is -2.36. The van der Waals surface area contributed by atoms with Crippen LogP contribution >= 0.6 is 15.9 Å². The quantitative estimate of drug-likeness (QED) is 0.847. The zero-order valence-electron chi connectivity index (χ0n) is 14.1. The van der Waals surface area contributed by atoms with Crippen molar-refractivity contribution in [3.8, 4) is 11.5 Å². The predicted octanol–water partition coefficient (Wildman–Crippen LogP) is 3.46. The summed E-state index contributed by atoms with van der Waals surface area (Å²) in [6.07, 6.45) is 0. The Labute approximate surface area is 151 Å². The maximum Gasteiger partial charge on any atom is 0.124 e. The minimum Gasteiger partial charge on any atom is -0.497 e. The van der Waals surface area contributed by atoms with E-state index in [-0.39, 0.29) is 6.04 Å². The monoisotopic (exact) mass is 390 g/mol. The summed E-state index contributed by atoms with van der Waals surface area (Å²) in [5.74, 6) is 1.74. The number of hydrogen-bond donors (Lipinski definition) is 1. The molecule has 1 unspecified atom stereocenters. The van der Waals surface area contributed by atoms with Crippen LogP contribution in [0.3, 0.4) is 0 Å². The number of rotatable bonds is 5. The molecule has 128 valence electrons. The fraction of sp³-hybridized carbons (Fsp3) is 0.368. The van der Waals surface area contributed by atoms with Crippen molar-refractivity contribution in [3.05, 3.63) is 58.1 Å². The Morgan fingerprint density at radius 3 is 2.50 bits per heavy atom. The van der Waals surface area contributed by atoms with Gasteiger partial charge in [-0.05, 0) is 35.9 Å². The van der Waals surface area contributed by atoms with Gasteiger partial charge in [0.1, 0.15) is 11.5 Å². The summed E-state index contributed by atoms with van der Waals surface area (Å²) in [6, 6.07) is 14.7. The summed E-state index contributed by atoms with van der Waals surface area (Å²) >= 11 is 3.60. The number of hydrogen-bond acceptors (Lipinski definition) is 4. The fourth-order valence-electron chi connectivity index (χ4n) is 3.26. The largest absolute Gasteiger partial charge is 0.497 e. The van der Waals surface area contributed by atoms with Crippen molar-refractivity contribution in [3.63, 3.8) is 0 Å². The maximum atomic E-state index is 5.66. The van der Waals surface area contributed by atoms with Gasteiger partial charge in [0, 0.05) is 36.2 Å². The predicted molar refractivity (Wildman–Crippen MR) is 100.0 cm³/mol. The molecule has 0 spiro atoms. The van der Waals surface area contributed by atoms with Crippen LogP contribution in [-0.2, 0) is 0 Å². The van der Waals surface area contributed by atoms with Crippen molar-refractivity contribution in [1.29, 1.82) is 0 Å². The number of nitrogens with zero attached hydrogens (tertiary/aromatic N) is 1. The van der Waals surface area contributed by atoms with Gasteiger partial charge in [0.05, 0.1) is 20.3 Å². The number of nitrogens with one attached hydrogen (secondary N) is 1. The van der Waals surface area contributed by atoms with Crippen molar-refractivity contribution in [2.24, 2.45) is 0 Å². The van der Waals surface area contributed by atoms with E-state index in [0.717, 1.165) is 47.7 Å². The SMILES string of the molecule is COc1ccc(OC)c(C(c2cccc(Br)c2)N2CCNCC2)c1. The third-order valence-electron chi connectivity index (χ3n) is 4.41. The zero-order valence-corrected chi connectivity index (χ0v) is 15.7. The lowest BCUT2D eigenvalue weighted by atomic mass is 9.95. The van der Waals surface area contributed by atoms with E-state index < -0.39 is 0 Å². The Hall–Kier alpha value is -1.56. The van der Waals surface area contributed by atoms with Crippen LogP contribution in [0.15, 0.2) is 46.9 Å². The number of piperazine rings is 1. The summed E-state index contributed by atoms with van der Waals surface area (Å²) in [6.45, 7) is 3.99. The molecular weight excluding hydrogens is 368 g/mol. The molecule has 3 rings (SSSR count). The molecule has 2 aromatic rings. The molecule has 0 bridgehead atoms. The van der Waals surface area contributed by atoms with Crippen molar-refractivity contribution < 1.29 is 9.47 Å². The van der Waals surface area contributed by atoms with Gasteiger partial charge in [0.25, 0.3) is 0 Å². The van der Waals surface area contributed by atoms with Gasteiger partial charge in [-0.3, -0.25) is 4.90 Å². The van der Waals surface area contributed by atoms with Gasteiger partial charge in [0.2, 0.25) is 0 Å². The molecule has 0 saturated carbocycles. The molecular formula is C19H23BrN2O2. The number of ether oxygens (including phenoxy) is 2. The Morgan fingerprint density at radius 2 is 1.83 bits per heavy atom. The summed E-state index contributed by atoms with van der Waals surface area (Å²) in [5, 5.41) is 3.43. The summed E-state index contributed by atoms with van der Waals surface area (Å²) in [7, 11) is 3.42. The molecule has 1 atom stereocenters. The van der Waals surface area contributed by atoms with Gasteiger partial charge < -0.3 is 14.8 Å². The highest BCUT2D eigenvalue weighted by Crippen LogP contribution is 2.37. The zero-order chi connectivity index (χ0) is 16.9. The molecule has 0 aromatic heterocycles. The summed E-state index contributed by atoms with van der Waals surface area (Å²) in [4.78, 5) is 2.50. The maximum absolute atomic E-state index is 5.66. The molecule has 5 heteroatoms. The molecule has 1 N–H and O–H groups in total. The number of benzene rings is 2. The Balaban J connectivity index is 2.10. The van der Waals surface area contributed by atoms with E-state index in [1.54, 1.807) is 14.2 Å². The van der Waals surface area contributed by atoms with Crippen LogP contribution in [0.25, 0.3) is 0 Å². The first-order chi connectivity index (χ1) is 11.7.